The van der Waals surface area contributed by atoms with Gasteiger partial charge in [-0.3, -0.25) is 0 Å². The van der Waals surface area contributed by atoms with Crippen LogP contribution in [0.4, 0.5) is 0 Å². The summed E-state index contributed by atoms with van der Waals surface area (Å²) in [5.74, 6) is 0.774. The van der Waals surface area contributed by atoms with E-state index in [2.05, 4.69) is 0 Å². The monoisotopic (exact) mass is 214 g/mol. The van der Waals surface area contributed by atoms with Crippen molar-refractivity contribution >= 4 is 11.6 Å². The van der Waals surface area contributed by atoms with Crippen LogP contribution in [0.15, 0.2) is 24.3 Å². The molecule has 1 N–H and O–H groups in total. The molecule has 0 aromatic heterocycles. The van der Waals surface area contributed by atoms with E-state index in [4.69, 9.17) is 21.4 Å². The maximum atomic E-state index is 9.02. The molecule has 3 heteroatoms. The van der Waals surface area contributed by atoms with Crippen LogP contribution in [0.3, 0.4) is 0 Å². The van der Waals surface area contributed by atoms with Gasteiger partial charge in [-0.05, 0) is 24.3 Å². The molecule has 0 bridgehead atoms. The van der Waals surface area contributed by atoms with Crippen molar-refractivity contribution in [3.8, 4) is 5.75 Å². The zero-order valence-corrected chi connectivity index (χ0v) is 9.21. The van der Waals surface area contributed by atoms with Gasteiger partial charge in [0.2, 0.25) is 0 Å². The van der Waals surface area contributed by atoms with Crippen LogP contribution >= 0.6 is 11.6 Å². The highest BCUT2D eigenvalue weighted by molar-refractivity contribution is 6.30. The number of rotatable bonds is 4. The number of ether oxygens (including phenoxy) is 1. The average Bonchev–Trinajstić information content (AvgIpc) is 2.17. The molecule has 0 saturated heterocycles. The molecule has 0 aliphatic carbocycles. The fraction of sp³-hybridized carbons (Fsp3) is 0.455. The molecule has 0 unspecified atom stereocenters. The van der Waals surface area contributed by atoms with Gasteiger partial charge in [0.25, 0.3) is 0 Å². The molecule has 0 spiro atoms. The third-order valence-electron chi connectivity index (χ3n) is 1.87. The van der Waals surface area contributed by atoms with Crippen molar-refractivity contribution in [2.24, 2.45) is 5.41 Å². The second-order valence-corrected chi connectivity index (χ2v) is 4.50. The Morgan fingerprint density at radius 2 is 1.86 bits per heavy atom. The van der Waals surface area contributed by atoms with Crippen LogP contribution in [0.2, 0.25) is 5.02 Å². The minimum Gasteiger partial charge on any atom is -0.493 e. The second-order valence-electron chi connectivity index (χ2n) is 4.06. The highest BCUT2D eigenvalue weighted by Crippen LogP contribution is 2.19. The largest absolute Gasteiger partial charge is 0.493 e. The molecule has 14 heavy (non-hydrogen) atoms. The lowest BCUT2D eigenvalue weighted by Crippen LogP contribution is -2.25. The SMILES string of the molecule is CC(C)(CO)COc1ccc(Cl)cc1. The molecule has 0 radical (unpaired) electrons. The van der Waals surface area contributed by atoms with Crippen LogP contribution in [0.1, 0.15) is 13.8 Å². The number of benzene rings is 1. The third kappa shape index (κ3) is 3.56. The molecular formula is C11H15ClO2. The topological polar surface area (TPSA) is 29.5 Å². The van der Waals surface area contributed by atoms with Crippen molar-refractivity contribution in [3.63, 3.8) is 0 Å². The molecule has 0 aliphatic rings. The Kier molecular flexibility index (Phi) is 3.78. The minimum atomic E-state index is -0.209. The summed E-state index contributed by atoms with van der Waals surface area (Å²) in [5, 5.41) is 9.71. The predicted octanol–water partition coefficient (Wildman–Crippen LogP) is 2.74. The average molecular weight is 215 g/mol. The molecule has 1 aromatic carbocycles. The molecule has 2 nitrogen and oxygen atoms in total. The van der Waals surface area contributed by atoms with Gasteiger partial charge in [0.15, 0.2) is 0 Å². The fourth-order valence-corrected chi connectivity index (χ4v) is 0.981. The fourth-order valence-electron chi connectivity index (χ4n) is 0.855. The van der Waals surface area contributed by atoms with Gasteiger partial charge in [0.1, 0.15) is 5.75 Å². The molecule has 0 atom stereocenters. The Balaban J connectivity index is 2.50. The van der Waals surface area contributed by atoms with Crippen molar-refractivity contribution in [3.05, 3.63) is 29.3 Å². The lowest BCUT2D eigenvalue weighted by Gasteiger charge is -2.21. The van der Waals surface area contributed by atoms with Gasteiger partial charge in [-0.1, -0.05) is 25.4 Å². The minimum absolute atomic E-state index is 0.112. The summed E-state index contributed by atoms with van der Waals surface area (Å²) in [6.45, 7) is 4.50. The summed E-state index contributed by atoms with van der Waals surface area (Å²) in [7, 11) is 0. The molecule has 78 valence electrons. The predicted molar refractivity (Wildman–Crippen MR) is 57.8 cm³/mol. The number of hydrogen-bond acceptors (Lipinski definition) is 2. The van der Waals surface area contributed by atoms with Gasteiger partial charge < -0.3 is 9.84 Å². The van der Waals surface area contributed by atoms with E-state index in [0.717, 1.165) is 5.75 Å². The van der Waals surface area contributed by atoms with Gasteiger partial charge in [0, 0.05) is 10.4 Å². The lowest BCUT2D eigenvalue weighted by molar-refractivity contribution is 0.0976. The summed E-state index contributed by atoms with van der Waals surface area (Å²) in [6.07, 6.45) is 0. The van der Waals surface area contributed by atoms with Gasteiger partial charge in [-0.2, -0.15) is 0 Å². The van der Waals surface area contributed by atoms with Gasteiger partial charge >= 0.3 is 0 Å². The Bertz CT molecular complexity index is 280. The van der Waals surface area contributed by atoms with Crippen molar-refractivity contribution in [1.29, 1.82) is 0 Å². The quantitative estimate of drug-likeness (QED) is 0.835. The van der Waals surface area contributed by atoms with E-state index in [1.54, 1.807) is 12.1 Å². The van der Waals surface area contributed by atoms with Gasteiger partial charge in [-0.15, -0.1) is 0 Å². The molecular weight excluding hydrogens is 200 g/mol. The zero-order chi connectivity index (χ0) is 10.6. The van der Waals surface area contributed by atoms with E-state index in [1.807, 2.05) is 26.0 Å². The van der Waals surface area contributed by atoms with Crippen molar-refractivity contribution in [2.45, 2.75) is 13.8 Å². The van der Waals surface area contributed by atoms with Crippen molar-refractivity contribution in [2.75, 3.05) is 13.2 Å². The summed E-state index contributed by atoms with van der Waals surface area (Å²) >= 11 is 5.73. The maximum absolute atomic E-state index is 9.02. The first-order valence-corrected chi connectivity index (χ1v) is 4.90. The van der Waals surface area contributed by atoms with Crippen LogP contribution in [0.5, 0.6) is 5.75 Å². The number of halogens is 1. The molecule has 0 aliphatic heterocycles. The van der Waals surface area contributed by atoms with E-state index in [0.29, 0.717) is 11.6 Å². The van der Waals surface area contributed by atoms with E-state index < -0.39 is 0 Å². The summed E-state index contributed by atoms with van der Waals surface area (Å²) in [4.78, 5) is 0. The first kappa shape index (κ1) is 11.3. The van der Waals surface area contributed by atoms with Crippen molar-refractivity contribution in [1.82, 2.24) is 0 Å². The van der Waals surface area contributed by atoms with Gasteiger partial charge in [-0.25, -0.2) is 0 Å². The standard InChI is InChI=1S/C11H15ClO2/c1-11(2,7-13)8-14-10-5-3-9(12)4-6-10/h3-6,13H,7-8H2,1-2H3. The first-order chi connectivity index (χ1) is 6.53. The Hall–Kier alpha value is -0.730. The third-order valence-corrected chi connectivity index (χ3v) is 2.12. The van der Waals surface area contributed by atoms with Crippen LogP contribution in [0.25, 0.3) is 0 Å². The summed E-state index contributed by atoms with van der Waals surface area (Å²) < 4.78 is 5.50. The molecule has 1 rings (SSSR count). The number of aliphatic hydroxyl groups excluding tert-OH is 1. The van der Waals surface area contributed by atoms with Crippen LogP contribution < -0.4 is 4.74 Å². The molecule has 0 fully saturated rings. The molecule has 0 heterocycles. The molecule has 1 aromatic rings. The van der Waals surface area contributed by atoms with E-state index >= 15 is 0 Å². The summed E-state index contributed by atoms with van der Waals surface area (Å²) in [6, 6.07) is 7.19. The van der Waals surface area contributed by atoms with Crippen LogP contribution in [-0.4, -0.2) is 18.3 Å². The van der Waals surface area contributed by atoms with Crippen LogP contribution in [0, 0.1) is 5.41 Å². The highest BCUT2D eigenvalue weighted by atomic mass is 35.5. The van der Waals surface area contributed by atoms with E-state index in [9.17, 15) is 0 Å². The Morgan fingerprint density at radius 1 is 1.29 bits per heavy atom. The van der Waals surface area contributed by atoms with Crippen LogP contribution in [-0.2, 0) is 0 Å². The van der Waals surface area contributed by atoms with E-state index in [1.165, 1.54) is 0 Å². The molecule has 0 saturated carbocycles. The second kappa shape index (κ2) is 4.67. The summed E-state index contributed by atoms with van der Waals surface area (Å²) in [5.41, 5.74) is -0.209. The number of hydrogen-bond donors (Lipinski definition) is 1. The number of aliphatic hydroxyl groups is 1. The van der Waals surface area contributed by atoms with E-state index in [-0.39, 0.29) is 12.0 Å². The Morgan fingerprint density at radius 3 is 2.36 bits per heavy atom. The first-order valence-electron chi connectivity index (χ1n) is 4.53. The molecule has 0 amide bonds. The Labute approximate surface area is 89.5 Å². The maximum Gasteiger partial charge on any atom is 0.119 e. The highest BCUT2D eigenvalue weighted by Gasteiger charge is 2.17. The zero-order valence-electron chi connectivity index (χ0n) is 8.46. The lowest BCUT2D eigenvalue weighted by atomic mass is 9.97. The van der Waals surface area contributed by atoms with Crippen molar-refractivity contribution < 1.29 is 9.84 Å². The smallest absolute Gasteiger partial charge is 0.119 e. The van der Waals surface area contributed by atoms with Gasteiger partial charge in [0.05, 0.1) is 13.2 Å². The normalized spacial score (nSPS) is 11.4.